The number of aromatic nitrogens is 1. The van der Waals surface area contributed by atoms with Gasteiger partial charge in [0.25, 0.3) is 0 Å². The van der Waals surface area contributed by atoms with Crippen LogP contribution in [0, 0.1) is 6.92 Å². The summed E-state index contributed by atoms with van der Waals surface area (Å²) in [6.45, 7) is 9.82. The van der Waals surface area contributed by atoms with Crippen LogP contribution in [0.25, 0.3) is 6.08 Å². The highest BCUT2D eigenvalue weighted by Crippen LogP contribution is 2.37. The van der Waals surface area contributed by atoms with Gasteiger partial charge in [-0.3, -0.25) is 4.98 Å². The molecule has 0 unspecified atom stereocenters. The molecule has 102 valence electrons. The number of rotatable bonds is 2. The molecule has 0 bridgehead atoms. The van der Waals surface area contributed by atoms with E-state index in [2.05, 4.69) is 4.98 Å². The standard InChI is InChI=1S/C14H20BNO3/c1-10-12(17)8-11(9-16-10)6-7-15-18-13(2,3)14(4,5)19-15/h6-9,17H,1-5H3/b7-6+. The summed E-state index contributed by atoms with van der Waals surface area (Å²) in [6.07, 6.45) is 3.55. The minimum atomic E-state index is -0.381. The summed E-state index contributed by atoms with van der Waals surface area (Å²) in [4.78, 5) is 4.10. The van der Waals surface area contributed by atoms with Crippen LogP contribution in [0.15, 0.2) is 18.2 Å². The Morgan fingerprint density at radius 3 is 2.32 bits per heavy atom. The molecule has 1 saturated heterocycles. The molecule has 0 saturated carbocycles. The second kappa shape index (κ2) is 4.65. The summed E-state index contributed by atoms with van der Waals surface area (Å²) in [5, 5.41) is 9.60. The first-order chi connectivity index (χ1) is 8.71. The van der Waals surface area contributed by atoms with Gasteiger partial charge in [0.15, 0.2) is 0 Å². The SMILES string of the molecule is Cc1ncc(/C=C/B2OC(C)(C)C(C)(C)O2)cc1O. The third kappa shape index (κ3) is 2.82. The quantitative estimate of drug-likeness (QED) is 0.831. The first kappa shape index (κ1) is 14.1. The first-order valence-corrected chi connectivity index (χ1v) is 6.41. The Hall–Kier alpha value is -1.33. The number of nitrogens with zero attached hydrogens (tertiary/aromatic N) is 1. The van der Waals surface area contributed by atoms with Crippen LogP contribution in [-0.4, -0.2) is 28.4 Å². The third-order valence-electron chi connectivity index (χ3n) is 3.80. The molecule has 1 N–H and O–H groups in total. The monoisotopic (exact) mass is 261 g/mol. The van der Waals surface area contributed by atoms with Gasteiger partial charge in [0.05, 0.1) is 16.9 Å². The van der Waals surface area contributed by atoms with E-state index >= 15 is 0 Å². The van der Waals surface area contributed by atoms with Crippen molar-refractivity contribution in [3.63, 3.8) is 0 Å². The van der Waals surface area contributed by atoms with Gasteiger partial charge in [-0.05, 0) is 46.2 Å². The minimum absolute atomic E-state index is 0.191. The van der Waals surface area contributed by atoms with Crippen molar-refractivity contribution in [3.8, 4) is 5.75 Å². The second-order valence-electron chi connectivity index (χ2n) is 5.86. The fourth-order valence-corrected chi connectivity index (χ4v) is 1.79. The zero-order chi connectivity index (χ0) is 14.3. The average Bonchev–Trinajstić information content (AvgIpc) is 2.49. The Bertz CT molecular complexity index is 495. The smallest absolute Gasteiger partial charge is 0.487 e. The third-order valence-corrected chi connectivity index (χ3v) is 3.80. The van der Waals surface area contributed by atoms with Gasteiger partial charge in [0.2, 0.25) is 0 Å². The van der Waals surface area contributed by atoms with Gasteiger partial charge >= 0.3 is 7.12 Å². The van der Waals surface area contributed by atoms with E-state index in [9.17, 15) is 5.11 Å². The number of hydrogen-bond acceptors (Lipinski definition) is 4. The molecule has 1 fully saturated rings. The molecule has 4 nitrogen and oxygen atoms in total. The average molecular weight is 261 g/mol. The number of aromatic hydroxyl groups is 1. The summed E-state index contributed by atoms with van der Waals surface area (Å²) >= 11 is 0. The molecule has 0 aromatic carbocycles. The molecule has 1 aliphatic heterocycles. The zero-order valence-corrected chi connectivity index (χ0v) is 12.1. The largest absolute Gasteiger partial charge is 0.506 e. The van der Waals surface area contributed by atoms with Crippen LogP contribution in [0.5, 0.6) is 5.75 Å². The highest BCUT2D eigenvalue weighted by Gasteiger charge is 2.49. The molecule has 0 atom stereocenters. The van der Waals surface area contributed by atoms with Crippen LogP contribution in [0.2, 0.25) is 0 Å². The summed E-state index contributed by atoms with van der Waals surface area (Å²) in [5.41, 5.74) is 0.760. The number of pyridine rings is 1. The molecule has 1 aliphatic rings. The van der Waals surface area contributed by atoms with Crippen LogP contribution >= 0.6 is 0 Å². The van der Waals surface area contributed by atoms with Crippen molar-refractivity contribution in [2.24, 2.45) is 0 Å². The highest BCUT2D eigenvalue weighted by molar-refractivity contribution is 6.52. The lowest BCUT2D eigenvalue weighted by Gasteiger charge is -2.32. The van der Waals surface area contributed by atoms with E-state index in [-0.39, 0.29) is 24.1 Å². The predicted octanol–water partition coefficient (Wildman–Crippen LogP) is 2.74. The highest BCUT2D eigenvalue weighted by atomic mass is 16.7. The second-order valence-corrected chi connectivity index (χ2v) is 5.86. The van der Waals surface area contributed by atoms with Crippen molar-refractivity contribution in [1.29, 1.82) is 0 Å². The molecule has 0 radical (unpaired) electrons. The topological polar surface area (TPSA) is 51.6 Å². The Kier molecular flexibility index (Phi) is 3.45. The van der Waals surface area contributed by atoms with Crippen molar-refractivity contribution in [1.82, 2.24) is 4.98 Å². The van der Waals surface area contributed by atoms with Gasteiger partial charge in [-0.1, -0.05) is 12.1 Å². The van der Waals surface area contributed by atoms with Crippen molar-refractivity contribution in [3.05, 3.63) is 29.5 Å². The fourth-order valence-electron chi connectivity index (χ4n) is 1.79. The lowest BCUT2D eigenvalue weighted by Crippen LogP contribution is -2.41. The van der Waals surface area contributed by atoms with E-state index < -0.39 is 0 Å². The molecule has 0 spiro atoms. The zero-order valence-electron chi connectivity index (χ0n) is 12.1. The maximum absolute atomic E-state index is 9.60. The van der Waals surface area contributed by atoms with E-state index in [1.54, 1.807) is 19.2 Å². The molecule has 0 amide bonds. The summed E-state index contributed by atoms with van der Waals surface area (Å²) < 4.78 is 11.7. The Morgan fingerprint density at radius 1 is 1.21 bits per heavy atom. The molecule has 0 aliphatic carbocycles. The predicted molar refractivity (Wildman–Crippen MR) is 75.8 cm³/mol. The lowest BCUT2D eigenvalue weighted by atomic mass is 9.89. The Labute approximate surface area is 114 Å². The summed E-state index contributed by atoms with van der Waals surface area (Å²) in [7, 11) is -0.381. The molecule has 19 heavy (non-hydrogen) atoms. The Morgan fingerprint density at radius 2 is 1.79 bits per heavy atom. The summed E-state index contributed by atoms with van der Waals surface area (Å²) in [5.74, 6) is 2.03. The molecule has 1 aromatic rings. The maximum atomic E-state index is 9.60. The Balaban J connectivity index is 2.10. The molecule has 2 rings (SSSR count). The maximum Gasteiger partial charge on any atom is 0.487 e. The van der Waals surface area contributed by atoms with Crippen LogP contribution in [0.3, 0.4) is 0 Å². The first-order valence-electron chi connectivity index (χ1n) is 6.41. The number of aryl methyl sites for hydroxylation is 1. The molecular formula is C14H20BNO3. The van der Waals surface area contributed by atoms with Crippen LogP contribution < -0.4 is 0 Å². The molecule has 2 heterocycles. The van der Waals surface area contributed by atoms with E-state index in [0.717, 1.165) is 5.56 Å². The van der Waals surface area contributed by atoms with Crippen molar-refractivity contribution in [2.75, 3.05) is 0 Å². The normalized spacial score (nSPS) is 21.2. The molecular weight excluding hydrogens is 241 g/mol. The van der Waals surface area contributed by atoms with Gasteiger partial charge in [0, 0.05) is 6.20 Å². The van der Waals surface area contributed by atoms with Crippen molar-refractivity contribution in [2.45, 2.75) is 45.8 Å². The van der Waals surface area contributed by atoms with Crippen LogP contribution in [-0.2, 0) is 9.31 Å². The van der Waals surface area contributed by atoms with E-state index in [1.165, 1.54) is 0 Å². The van der Waals surface area contributed by atoms with Gasteiger partial charge in [-0.25, -0.2) is 0 Å². The van der Waals surface area contributed by atoms with Crippen LogP contribution in [0.1, 0.15) is 39.0 Å². The lowest BCUT2D eigenvalue weighted by molar-refractivity contribution is 0.00578. The van der Waals surface area contributed by atoms with Gasteiger partial charge in [0.1, 0.15) is 5.75 Å². The molecule has 1 aromatic heterocycles. The fraction of sp³-hybridized carbons (Fsp3) is 0.500. The van der Waals surface area contributed by atoms with Gasteiger partial charge in [-0.2, -0.15) is 0 Å². The van der Waals surface area contributed by atoms with Crippen molar-refractivity contribution >= 4 is 13.2 Å². The van der Waals surface area contributed by atoms with Gasteiger partial charge in [-0.15, -0.1) is 0 Å². The van der Waals surface area contributed by atoms with E-state index in [1.807, 2.05) is 39.7 Å². The van der Waals surface area contributed by atoms with E-state index in [4.69, 9.17) is 9.31 Å². The number of hydrogen-bond donors (Lipinski definition) is 1. The van der Waals surface area contributed by atoms with Gasteiger partial charge < -0.3 is 14.4 Å². The minimum Gasteiger partial charge on any atom is -0.506 e. The summed E-state index contributed by atoms with van der Waals surface area (Å²) in [6, 6.07) is 1.67. The molecule has 5 heteroatoms. The van der Waals surface area contributed by atoms with Crippen LogP contribution in [0.4, 0.5) is 0 Å². The van der Waals surface area contributed by atoms with Crippen molar-refractivity contribution < 1.29 is 14.4 Å². The van der Waals surface area contributed by atoms with E-state index in [0.29, 0.717) is 5.69 Å².